The molecule has 1 aliphatic carbocycles. The zero-order chi connectivity index (χ0) is 25.3. The second kappa shape index (κ2) is 11.0. The van der Waals surface area contributed by atoms with E-state index in [4.69, 9.17) is 11.6 Å². The molecule has 36 heavy (non-hydrogen) atoms. The van der Waals surface area contributed by atoms with Gasteiger partial charge in [0.2, 0.25) is 5.91 Å². The van der Waals surface area contributed by atoms with Crippen LogP contribution in [0, 0.1) is 0 Å². The Bertz CT molecular complexity index is 932. The summed E-state index contributed by atoms with van der Waals surface area (Å²) in [5.41, 5.74) is 0.196. The molecule has 2 atom stereocenters. The van der Waals surface area contributed by atoms with Crippen molar-refractivity contribution < 1.29 is 9.59 Å². The Morgan fingerprint density at radius 1 is 1.06 bits per heavy atom. The first-order chi connectivity index (χ1) is 17.4. The molecule has 1 aromatic rings. The zero-order valence-corrected chi connectivity index (χ0v) is 22.7. The van der Waals surface area contributed by atoms with Gasteiger partial charge in [0, 0.05) is 56.4 Å². The highest BCUT2D eigenvalue weighted by molar-refractivity contribution is 6.30. The highest BCUT2D eigenvalue weighted by Gasteiger charge is 2.57. The van der Waals surface area contributed by atoms with Gasteiger partial charge in [0.25, 0.3) is 5.91 Å². The summed E-state index contributed by atoms with van der Waals surface area (Å²) < 4.78 is 0. The van der Waals surface area contributed by atoms with Crippen LogP contribution in [0.4, 0.5) is 0 Å². The van der Waals surface area contributed by atoms with Gasteiger partial charge in [-0.25, -0.2) is 0 Å². The van der Waals surface area contributed by atoms with Gasteiger partial charge >= 0.3 is 0 Å². The predicted octanol–water partition coefficient (Wildman–Crippen LogP) is 3.32. The number of nitrogens with one attached hydrogen (secondary N) is 1. The first-order valence-electron chi connectivity index (χ1n) is 14.0. The van der Waals surface area contributed by atoms with E-state index in [1.54, 1.807) is 4.90 Å². The maximum Gasteiger partial charge on any atom is 0.250 e. The lowest BCUT2D eigenvalue weighted by Crippen LogP contribution is -2.70. The van der Waals surface area contributed by atoms with E-state index >= 15 is 0 Å². The fourth-order valence-corrected chi connectivity index (χ4v) is 7.01. The Kier molecular flexibility index (Phi) is 7.92. The van der Waals surface area contributed by atoms with E-state index in [9.17, 15) is 9.59 Å². The molecule has 0 radical (unpaired) electrons. The predicted molar refractivity (Wildman–Crippen MR) is 143 cm³/mol. The number of amides is 2. The first kappa shape index (κ1) is 26.0. The van der Waals surface area contributed by atoms with Crippen molar-refractivity contribution in [1.82, 2.24) is 24.9 Å². The molecule has 3 saturated heterocycles. The van der Waals surface area contributed by atoms with Gasteiger partial charge in [-0.2, -0.15) is 0 Å². The lowest BCUT2D eigenvalue weighted by atomic mass is 9.89. The molecule has 5 rings (SSSR count). The quantitative estimate of drug-likeness (QED) is 0.610. The molecule has 3 heterocycles. The average Bonchev–Trinajstić information content (AvgIpc) is 3.13. The normalized spacial score (nSPS) is 29.5. The van der Waals surface area contributed by atoms with Crippen LogP contribution in [0.3, 0.4) is 0 Å². The maximum absolute atomic E-state index is 14.1. The third-order valence-electron chi connectivity index (χ3n) is 8.91. The Morgan fingerprint density at radius 2 is 1.78 bits per heavy atom. The number of likely N-dealkylation sites (tertiary alicyclic amines) is 1. The second-order valence-electron chi connectivity index (χ2n) is 11.5. The van der Waals surface area contributed by atoms with Crippen molar-refractivity contribution >= 4 is 23.4 Å². The number of benzene rings is 1. The second-order valence-corrected chi connectivity index (χ2v) is 11.9. The average molecular weight is 516 g/mol. The number of nitrogens with zero attached hydrogens (tertiary/aromatic N) is 4. The molecular weight excluding hydrogens is 474 g/mol. The van der Waals surface area contributed by atoms with Crippen LogP contribution < -0.4 is 5.32 Å². The number of hydrogen-bond acceptors (Lipinski definition) is 5. The Hall–Kier alpha value is -1.67. The third-order valence-corrected chi connectivity index (χ3v) is 9.16. The maximum atomic E-state index is 14.1. The van der Waals surface area contributed by atoms with Crippen LogP contribution in [0.5, 0.6) is 0 Å². The minimum Gasteiger partial charge on any atom is -0.329 e. The molecule has 0 bridgehead atoms. The molecule has 4 aliphatic rings. The van der Waals surface area contributed by atoms with Crippen LogP contribution in [-0.4, -0.2) is 94.5 Å². The molecule has 2 amide bonds. The van der Waals surface area contributed by atoms with Crippen LogP contribution in [0.2, 0.25) is 5.02 Å². The SMILES string of the molecule is CC(C)N1CC(=O)N(Cc2ccc(Cl)cc2)C2(CCN(C3CNCCN3C3CCCCCC3)C2)C1=O. The van der Waals surface area contributed by atoms with Crippen molar-refractivity contribution in [1.29, 1.82) is 0 Å². The van der Waals surface area contributed by atoms with Crippen LogP contribution in [0.1, 0.15) is 64.4 Å². The standard InChI is InChI=1S/C28H42ClN5O2/c1-21(2)33-19-26(35)34(18-22-9-11-23(29)12-10-22)28(27(33)36)13-15-31(20-28)25-17-30-14-16-32(25)24-7-5-3-4-6-8-24/h9-12,21,24-25,30H,3-8,13-20H2,1-2H3. The molecule has 1 saturated carbocycles. The van der Waals surface area contributed by atoms with E-state index in [2.05, 4.69) is 15.1 Å². The molecule has 1 N–H and O–H groups in total. The van der Waals surface area contributed by atoms with E-state index in [1.165, 1.54) is 38.5 Å². The summed E-state index contributed by atoms with van der Waals surface area (Å²) in [5, 5.41) is 4.30. The Morgan fingerprint density at radius 3 is 2.47 bits per heavy atom. The highest BCUT2D eigenvalue weighted by Crippen LogP contribution is 2.38. The molecule has 7 nitrogen and oxygen atoms in total. The van der Waals surface area contributed by atoms with Crippen molar-refractivity contribution in [2.45, 2.75) is 89.1 Å². The van der Waals surface area contributed by atoms with Crippen molar-refractivity contribution in [3.8, 4) is 0 Å². The van der Waals surface area contributed by atoms with Crippen molar-refractivity contribution in [3.63, 3.8) is 0 Å². The fourth-order valence-electron chi connectivity index (χ4n) is 6.89. The van der Waals surface area contributed by atoms with Crippen molar-refractivity contribution in [2.75, 3.05) is 39.3 Å². The van der Waals surface area contributed by atoms with Gasteiger partial charge in [-0.05, 0) is 50.8 Å². The van der Waals surface area contributed by atoms with Gasteiger partial charge in [0.1, 0.15) is 12.1 Å². The zero-order valence-electron chi connectivity index (χ0n) is 21.9. The van der Waals surface area contributed by atoms with Gasteiger partial charge in [0.15, 0.2) is 0 Å². The summed E-state index contributed by atoms with van der Waals surface area (Å²) in [6.07, 6.45) is 8.84. The number of halogens is 1. The topological polar surface area (TPSA) is 59.1 Å². The number of piperazine rings is 2. The van der Waals surface area contributed by atoms with Gasteiger partial charge in [-0.1, -0.05) is 49.4 Å². The largest absolute Gasteiger partial charge is 0.329 e. The van der Waals surface area contributed by atoms with Gasteiger partial charge in [0.05, 0.1) is 6.17 Å². The smallest absolute Gasteiger partial charge is 0.250 e. The van der Waals surface area contributed by atoms with E-state index in [0.29, 0.717) is 30.6 Å². The van der Waals surface area contributed by atoms with Crippen molar-refractivity contribution in [2.24, 2.45) is 0 Å². The fraction of sp³-hybridized carbons (Fsp3) is 0.714. The number of rotatable bonds is 5. The molecular formula is C28H42ClN5O2. The Labute approximate surface area is 221 Å². The molecule has 2 unspecified atom stereocenters. The van der Waals surface area contributed by atoms with Gasteiger partial charge < -0.3 is 15.1 Å². The lowest BCUT2D eigenvalue weighted by molar-refractivity contribution is -0.167. The monoisotopic (exact) mass is 515 g/mol. The number of hydrogen-bond donors (Lipinski definition) is 1. The van der Waals surface area contributed by atoms with Gasteiger partial charge in [-0.3, -0.25) is 19.4 Å². The molecule has 198 valence electrons. The molecule has 8 heteroatoms. The Balaban J connectivity index is 1.42. The van der Waals surface area contributed by atoms with Crippen LogP contribution in [0.15, 0.2) is 24.3 Å². The molecule has 1 spiro atoms. The highest BCUT2D eigenvalue weighted by atomic mass is 35.5. The van der Waals surface area contributed by atoms with Crippen molar-refractivity contribution in [3.05, 3.63) is 34.9 Å². The lowest BCUT2D eigenvalue weighted by Gasteiger charge is -2.50. The first-order valence-corrected chi connectivity index (χ1v) is 14.3. The molecule has 4 fully saturated rings. The molecule has 0 aromatic heterocycles. The van der Waals surface area contributed by atoms with Crippen LogP contribution in [-0.2, 0) is 16.1 Å². The number of carbonyl (C=O) groups excluding carboxylic acids is 2. The van der Waals surface area contributed by atoms with E-state index in [-0.39, 0.29) is 30.6 Å². The summed E-state index contributed by atoms with van der Waals surface area (Å²) in [5.74, 6) is 0.154. The minimum atomic E-state index is -0.814. The molecule has 1 aromatic carbocycles. The van der Waals surface area contributed by atoms with E-state index < -0.39 is 5.54 Å². The minimum absolute atomic E-state index is 0.00360. The molecule has 3 aliphatic heterocycles. The van der Waals surface area contributed by atoms with Gasteiger partial charge in [-0.15, -0.1) is 0 Å². The summed E-state index contributed by atoms with van der Waals surface area (Å²) in [6.45, 7) is 9.05. The van der Waals surface area contributed by atoms with Crippen LogP contribution >= 0.6 is 11.6 Å². The van der Waals surface area contributed by atoms with E-state index in [1.807, 2.05) is 43.0 Å². The van der Waals surface area contributed by atoms with Crippen LogP contribution in [0.25, 0.3) is 0 Å². The number of carbonyl (C=O) groups is 2. The summed E-state index contributed by atoms with van der Waals surface area (Å²) in [7, 11) is 0. The summed E-state index contributed by atoms with van der Waals surface area (Å²) >= 11 is 6.12. The summed E-state index contributed by atoms with van der Waals surface area (Å²) in [4.78, 5) is 36.6. The summed E-state index contributed by atoms with van der Waals surface area (Å²) in [6, 6.07) is 8.28. The third kappa shape index (κ3) is 5.04. The van der Waals surface area contributed by atoms with E-state index in [0.717, 1.165) is 31.7 Å².